The smallest absolute Gasteiger partial charge is 0.166 e. The number of para-hydroxylation sites is 2. The highest BCUT2D eigenvalue weighted by molar-refractivity contribution is 7.25. The Kier molecular flexibility index (Phi) is 8.61. The quantitative estimate of drug-likeness (QED) is 0.161. The Labute approximate surface area is 361 Å². The van der Waals surface area contributed by atoms with Gasteiger partial charge >= 0.3 is 0 Å². The van der Waals surface area contributed by atoms with Crippen molar-refractivity contribution in [1.82, 2.24) is 24.5 Å². The molecule has 0 atom stereocenters. The summed E-state index contributed by atoms with van der Waals surface area (Å²) < 4.78 is 4.85. The molecule has 0 fully saturated rings. The van der Waals surface area contributed by atoms with E-state index in [1.54, 1.807) is 0 Å². The Morgan fingerprint density at radius 2 is 0.919 bits per heavy atom. The molecule has 4 heterocycles. The maximum absolute atomic E-state index is 5.31. The molecule has 4 aromatic heterocycles. The SMILES string of the molecule is c1ccc(-c2cccc(-c3cnc(-c4ccc5sc6cc7c(cc6c5c4)c4ccccc4n7-c4ccccc4)c(-c4nc(-c5ccccc5)nc(-c5ccccc5)n4)c3)c2)cc1. The third kappa shape index (κ3) is 6.24. The number of benzene rings is 8. The Bertz CT molecular complexity index is 3560. The Hall–Kier alpha value is -8.06. The molecule has 12 aromatic rings. The molecule has 0 saturated heterocycles. The van der Waals surface area contributed by atoms with Crippen LogP contribution in [0.3, 0.4) is 0 Å². The molecule has 62 heavy (non-hydrogen) atoms. The number of aromatic nitrogens is 5. The highest BCUT2D eigenvalue weighted by Gasteiger charge is 2.20. The minimum Gasteiger partial charge on any atom is -0.309 e. The second-order valence-electron chi connectivity index (χ2n) is 15.5. The first kappa shape index (κ1) is 35.8. The van der Waals surface area contributed by atoms with Gasteiger partial charge < -0.3 is 4.57 Å². The summed E-state index contributed by atoms with van der Waals surface area (Å²) in [5, 5.41) is 4.89. The van der Waals surface area contributed by atoms with Crippen LogP contribution in [0.5, 0.6) is 0 Å². The molecule has 0 saturated carbocycles. The van der Waals surface area contributed by atoms with E-state index in [0.717, 1.165) is 55.9 Å². The van der Waals surface area contributed by atoms with Gasteiger partial charge in [-0.25, -0.2) is 15.0 Å². The largest absolute Gasteiger partial charge is 0.309 e. The average molecular weight is 810 g/mol. The predicted octanol–water partition coefficient (Wildman–Crippen LogP) is 14.7. The van der Waals surface area contributed by atoms with Crippen LogP contribution >= 0.6 is 11.3 Å². The van der Waals surface area contributed by atoms with E-state index < -0.39 is 0 Å². The molecule has 0 aliphatic rings. The van der Waals surface area contributed by atoms with Crippen LogP contribution in [0, 0.1) is 0 Å². The third-order valence-electron chi connectivity index (χ3n) is 11.7. The van der Waals surface area contributed by atoms with E-state index in [1.165, 1.54) is 42.0 Å². The lowest BCUT2D eigenvalue weighted by Gasteiger charge is -2.14. The van der Waals surface area contributed by atoms with Crippen molar-refractivity contribution in [2.45, 2.75) is 0 Å². The van der Waals surface area contributed by atoms with Crippen LogP contribution in [0.4, 0.5) is 0 Å². The molecule has 0 aliphatic carbocycles. The third-order valence-corrected chi connectivity index (χ3v) is 12.8. The van der Waals surface area contributed by atoms with Crippen LogP contribution in [0.15, 0.2) is 212 Å². The van der Waals surface area contributed by atoms with Gasteiger partial charge in [-0.05, 0) is 71.3 Å². The molecule has 0 bridgehead atoms. The summed E-state index contributed by atoms with van der Waals surface area (Å²) in [5.74, 6) is 1.77. The maximum Gasteiger partial charge on any atom is 0.166 e. The van der Waals surface area contributed by atoms with Gasteiger partial charge in [0.1, 0.15) is 0 Å². The molecule has 0 aliphatic heterocycles. The van der Waals surface area contributed by atoms with Gasteiger partial charge in [-0.3, -0.25) is 4.98 Å². The molecule has 12 rings (SSSR count). The van der Waals surface area contributed by atoms with E-state index in [1.807, 2.05) is 84.3 Å². The fraction of sp³-hybridized carbons (Fsp3) is 0. The van der Waals surface area contributed by atoms with Crippen molar-refractivity contribution in [2.75, 3.05) is 0 Å². The van der Waals surface area contributed by atoms with E-state index >= 15 is 0 Å². The standard InChI is InChI=1S/C56H35N5S/c1-5-16-36(17-6-1)39-22-15-23-40(30-39)42-32-48(56-59-54(37-18-7-2-8-19-37)58-55(60-56)38-20-9-3-10-21-38)53(57-35-42)41-28-29-51-46(31-41)47-33-45-44-26-13-14-27-49(44)61(43-24-11-4-12-25-43)50(45)34-52(47)62-51/h1-35H. The summed E-state index contributed by atoms with van der Waals surface area (Å²) in [4.78, 5) is 20.8. The van der Waals surface area contributed by atoms with Crippen molar-refractivity contribution >= 4 is 53.3 Å². The monoisotopic (exact) mass is 809 g/mol. The fourth-order valence-electron chi connectivity index (χ4n) is 8.70. The summed E-state index contributed by atoms with van der Waals surface area (Å²) in [6, 6.07) is 72.4. The topological polar surface area (TPSA) is 56.5 Å². The first-order valence-corrected chi connectivity index (χ1v) is 21.5. The van der Waals surface area contributed by atoms with Crippen molar-refractivity contribution < 1.29 is 0 Å². The molecule has 0 unspecified atom stereocenters. The normalized spacial score (nSPS) is 11.5. The minimum absolute atomic E-state index is 0.562. The zero-order valence-electron chi connectivity index (χ0n) is 33.4. The molecule has 290 valence electrons. The van der Waals surface area contributed by atoms with Crippen LogP contribution in [0.1, 0.15) is 0 Å². The lowest BCUT2D eigenvalue weighted by Crippen LogP contribution is -2.02. The van der Waals surface area contributed by atoms with Gasteiger partial charge in [-0.2, -0.15) is 0 Å². The van der Waals surface area contributed by atoms with Gasteiger partial charge in [0.25, 0.3) is 0 Å². The van der Waals surface area contributed by atoms with Gasteiger partial charge in [0, 0.05) is 70.6 Å². The number of pyridine rings is 1. The summed E-state index contributed by atoms with van der Waals surface area (Å²) in [5.41, 5.74) is 12.3. The number of nitrogens with zero attached hydrogens (tertiary/aromatic N) is 5. The summed E-state index contributed by atoms with van der Waals surface area (Å²) in [6.45, 7) is 0. The van der Waals surface area contributed by atoms with Gasteiger partial charge in [0.05, 0.1) is 16.7 Å². The number of hydrogen-bond donors (Lipinski definition) is 0. The Balaban J connectivity index is 1.08. The molecule has 6 heteroatoms. The van der Waals surface area contributed by atoms with E-state index in [4.69, 9.17) is 19.9 Å². The number of hydrogen-bond acceptors (Lipinski definition) is 5. The minimum atomic E-state index is 0.562. The molecule has 0 spiro atoms. The zero-order chi connectivity index (χ0) is 41.0. The van der Waals surface area contributed by atoms with Crippen LogP contribution < -0.4 is 0 Å². The molecule has 0 amide bonds. The van der Waals surface area contributed by atoms with E-state index in [0.29, 0.717) is 17.5 Å². The Morgan fingerprint density at radius 1 is 0.339 bits per heavy atom. The first-order chi connectivity index (χ1) is 30.7. The summed E-state index contributed by atoms with van der Waals surface area (Å²) in [7, 11) is 0. The van der Waals surface area contributed by atoms with Crippen LogP contribution in [-0.4, -0.2) is 24.5 Å². The van der Waals surface area contributed by atoms with Crippen molar-refractivity contribution in [3.63, 3.8) is 0 Å². The van der Waals surface area contributed by atoms with Gasteiger partial charge in [-0.15, -0.1) is 11.3 Å². The van der Waals surface area contributed by atoms with Gasteiger partial charge in [-0.1, -0.05) is 152 Å². The highest BCUT2D eigenvalue weighted by Crippen LogP contribution is 2.43. The van der Waals surface area contributed by atoms with Crippen molar-refractivity contribution in [2.24, 2.45) is 0 Å². The van der Waals surface area contributed by atoms with Crippen LogP contribution in [-0.2, 0) is 0 Å². The van der Waals surface area contributed by atoms with Crippen molar-refractivity contribution in [3.8, 4) is 73.4 Å². The van der Waals surface area contributed by atoms with E-state index in [-0.39, 0.29) is 0 Å². The second kappa shape index (κ2) is 14.9. The molecule has 0 N–H and O–H groups in total. The first-order valence-electron chi connectivity index (χ1n) is 20.7. The van der Waals surface area contributed by atoms with Crippen molar-refractivity contribution in [1.29, 1.82) is 0 Å². The molecule has 8 aromatic carbocycles. The van der Waals surface area contributed by atoms with E-state index in [2.05, 4.69) is 144 Å². The summed E-state index contributed by atoms with van der Waals surface area (Å²) >= 11 is 1.83. The number of fused-ring (bicyclic) bond motifs is 6. The lowest BCUT2D eigenvalue weighted by atomic mass is 9.96. The van der Waals surface area contributed by atoms with Gasteiger partial charge in [0.15, 0.2) is 17.5 Å². The second-order valence-corrected chi connectivity index (χ2v) is 16.6. The fourth-order valence-corrected chi connectivity index (χ4v) is 9.80. The van der Waals surface area contributed by atoms with Gasteiger partial charge in [0.2, 0.25) is 0 Å². The summed E-state index contributed by atoms with van der Waals surface area (Å²) in [6.07, 6.45) is 1.98. The van der Waals surface area contributed by atoms with Crippen LogP contribution in [0.25, 0.3) is 115 Å². The highest BCUT2D eigenvalue weighted by atomic mass is 32.1. The maximum atomic E-state index is 5.31. The lowest BCUT2D eigenvalue weighted by molar-refractivity contribution is 1.07. The Morgan fingerprint density at radius 3 is 1.63 bits per heavy atom. The van der Waals surface area contributed by atoms with E-state index in [9.17, 15) is 0 Å². The molecular weight excluding hydrogens is 775 g/mol. The average Bonchev–Trinajstić information content (AvgIpc) is 3.88. The molecule has 5 nitrogen and oxygen atoms in total. The van der Waals surface area contributed by atoms with Crippen LogP contribution in [0.2, 0.25) is 0 Å². The number of rotatable bonds is 7. The molecular formula is C56H35N5S. The zero-order valence-corrected chi connectivity index (χ0v) is 34.2. The molecule has 0 radical (unpaired) electrons. The number of thiophene rings is 1. The van der Waals surface area contributed by atoms with Crippen molar-refractivity contribution in [3.05, 3.63) is 212 Å². The predicted molar refractivity (Wildman–Crippen MR) is 257 cm³/mol.